The molecule has 290 valence electrons. The third kappa shape index (κ3) is 5.01. The van der Waals surface area contributed by atoms with E-state index in [0.717, 1.165) is 16.7 Å². The summed E-state index contributed by atoms with van der Waals surface area (Å²) < 4.78 is 0. The Hall–Kier alpha value is -7.23. The van der Waals surface area contributed by atoms with E-state index >= 15 is 0 Å². The van der Waals surface area contributed by atoms with E-state index in [9.17, 15) is 0 Å². The predicted octanol–water partition coefficient (Wildman–Crippen LogP) is 13.8. The van der Waals surface area contributed by atoms with E-state index < -0.39 is 5.41 Å². The molecule has 9 aromatic rings. The minimum absolute atomic E-state index is 0.158. The van der Waals surface area contributed by atoms with E-state index in [1.807, 2.05) is 0 Å². The Labute approximate surface area is 357 Å². The lowest BCUT2D eigenvalue weighted by atomic mass is 9.67. The molecule has 8 aromatic carbocycles. The Kier molecular flexibility index (Phi) is 7.54. The van der Waals surface area contributed by atoms with E-state index in [-0.39, 0.29) is 10.8 Å². The number of aromatic nitrogens is 3. The SMILES string of the molecule is CC1(C)c2ccccc2-c2ccc(-c3nc(-c4ccc5c(c4)C(C)(C)c4ccccc4-5)nc(-c4ccc5c(c4)C(c4ccccc4)(c4ccccc4)c4ccccc4-5)n3)cc21. The van der Waals surface area contributed by atoms with Crippen molar-refractivity contribution in [2.45, 2.75) is 43.9 Å². The van der Waals surface area contributed by atoms with Crippen molar-refractivity contribution in [3.63, 3.8) is 0 Å². The smallest absolute Gasteiger partial charge is 0.164 e. The first kappa shape index (κ1) is 35.7. The van der Waals surface area contributed by atoms with Gasteiger partial charge in [0.15, 0.2) is 17.5 Å². The quantitative estimate of drug-likeness (QED) is 0.175. The highest BCUT2D eigenvalue weighted by Gasteiger charge is 2.46. The Morgan fingerprint density at radius 2 is 0.590 bits per heavy atom. The van der Waals surface area contributed by atoms with Crippen LogP contribution in [0.15, 0.2) is 188 Å². The Morgan fingerprint density at radius 3 is 1.02 bits per heavy atom. The van der Waals surface area contributed by atoms with Crippen LogP contribution in [0.2, 0.25) is 0 Å². The lowest BCUT2D eigenvalue weighted by molar-refractivity contribution is 0.660. The van der Waals surface area contributed by atoms with Crippen molar-refractivity contribution >= 4 is 0 Å². The average Bonchev–Trinajstić information content (AvgIpc) is 3.83. The number of hydrogen-bond acceptors (Lipinski definition) is 3. The molecule has 3 nitrogen and oxygen atoms in total. The maximum atomic E-state index is 5.40. The van der Waals surface area contributed by atoms with Gasteiger partial charge in [0.2, 0.25) is 0 Å². The molecule has 0 unspecified atom stereocenters. The van der Waals surface area contributed by atoms with Gasteiger partial charge in [-0.25, -0.2) is 15.0 Å². The number of rotatable bonds is 5. The van der Waals surface area contributed by atoms with Crippen molar-refractivity contribution < 1.29 is 0 Å². The van der Waals surface area contributed by atoms with Gasteiger partial charge in [-0.2, -0.15) is 0 Å². The van der Waals surface area contributed by atoms with Gasteiger partial charge in [0.25, 0.3) is 0 Å². The fraction of sp³-hybridized carbons (Fsp3) is 0.121. The van der Waals surface area contributed by atoms with Gasteiger partial charge in [-0.05, 0) is 96.1 Å². The highest BCUT2D eigenvalue weighted by molar-refractivity contribution is 5.89. The van der Waals surface area contributed by atoms with Crippen molar-refractivity contribution in [1.82, 2.24) is 15.0 Å². The second-order valence-corrected chi connectivity index (χ2v) is 18.0. The molecule has 3 heteroatoms. The van der Waals surface area contributed by atoms with E-state index in [0.29, 0.717) is 17.5 Å². The molecular weight excluding hydrogens is 739 g/mol. The predicted molar refractivity (Wildman–Crippen MR) is 249 cm³/mol. The zero-order chi connectivity index (χ0) is 41.1. The fourth-order valence-corrected chi connectivity index (χ4v) is 11.0. The number of benzene rings is 8. The second-order valence-electron chi connectivity index (χ2n) is 18.0. The molecule has 3 aliphatic carbocycles. The van der Waals surface area contributed by atoms with Crippen LogP contribution in [0.1, 0.15) is 72.2 Å². The normalized spacial score (nSPS) is 15.3. The van der Waals surface area contributed by atoms with Crippen LogP contribution in [0.25, 0.3) is 67.5 Å². The average molecular weight is 782 g/mol. The molecule has 0 amide bonds. The van der Waals surface area contributed by atoms with Crippen molar-refractivity contribution in [2.75, 3.05) is 0 Å². The molecule has 61 heavy (non-hydrogen) atoms. The van der Waals surface area contributed by atoms with Gasteiger partial charge < -0.3 is 0 Å². The van der Waals surface area contributed by atoms with Crippen molar-refractivity contribution in [3.8, 4) is 67.5 Å². The topological polar surface area (TPSA) is 38.7 Å². The first-order chi connectivity index (χ1) is 29.7. The monoisotopic (exact) mass is 781 g/mol. The molecule has 0 aliphatic heterocycles. The largest absolute Gasteiger partial charge is 0.208 e. The Balaban J connectivity index is 1.09. The van der Waals surface area contributed by atoms with Crippen LogP contribution in [-0.2, 0) is 16.2 Å². The van der Waals surface area contributed by atoms with Crippen LogP contribution in [0, 0.1) is 0 Å². The second kappa shape index (κ2) is 12.9. The summed E-state index contributed by atoms with van der Waals surface area (Å²) in [4.78, 5) is 16.2. The molecule has 0 saturated heterocycles. The fourth-order valence-electron chi connectivity index (χ4n) is 11.0. The van der Waals surface area contributed by atoms with Crippen molar-refractivity contribution in [1.29, 1.82) is 0 Å². The van der Waals surface area contributed by atoms with Crippen molar-refractivity contribution in [3.05, 3.63) is 233 Å². The summed E-state index contributed by atoms with van der Waals surface area (Å²) in [5, 5.41) is 0. The van der Waals surface area contributed by atoms with E-state index in [2.05, 4.69) is 216 Å². The molecule has 0 atom stereocenters. The van der Waals surface area contributed by atoms with Gasteiger partial charge >= 0.3 is 0 Å². The minimum atomic E-state index is -0.537. The number of nitrogens with zero attached hydrogens (tertiary/aromatic N) is 3. The maximum Gasteiger partial charge on any atom is 0.164 e. The Morgan fingerprint density at radius 1 is 0.279 bits per heavy atom. The first-order valence-corrected chi connectivity index (χ1v) is 21.4. The summed E-state index contributed by atoms with van der Waals surface area (Å²) in [7, 11) is 0. The molecular formula is C58H43N3. The van der Waals surface area contributed by atoms with E-state index in [4.69, 9.17) is 15.0 Å². The van der Waals surface area contributed by atoms with Gasteiger partial charge in [-0.15, -0.1) is 0 Å². The molecule has 1 heterocycles. The third-order valence-corrected chi connectivity index (χ3v) is 14.0. The molecule has 0 spiro atoms. The van der Waals surface area contributed by atoms with Gasteiger partial charge in [0.1, 0.15) is 0 Å². The van der Waals surface area contributed by atoms with E-state index in [1.54, 1.807) is 0 Å². The first-order valence-electron chi connectivity index (χ1n) is 21.4. The molecule has 3 aliphatic rings. The zero-order valence-electron chi connectivity index (χ0n) is 34.7. The summed E-state index contributed by atoms with van der Waals surface area (Å²) in [5.41, 5.74) is 19.9. The van der Waals surface area contributed by atoms with Gasteiger partial charge in [0.05, 0.1) is 5.41 Å². The maximum absolute atomic E-state index is 5.40. The van der Waals surface area contributed by atoms with Gasteiger partial charge in [-0.1, -0.05) is 198 Å². The molecule has 12 rings (SSSR count). The highest BCUT2D eigenvalue weighted by atomic mass is 15.0. The van der Waals surface area contributed by atoms with Gasteiger partial charge in [-0.3, -0.25) is 0 Å². The summed E-state index contributed by atoms with van der Waals surface area (Å²) in [6, 6.07) is 68.7. The minimum Gasteiger partial charge on any atom is -0.208 e. The number of hydrogen-bond donors (Lipinski definition) is 0. The number of fused-ring (bicyclic) bond motifs is 9. The summed E-state index contributed by atoms with van der Waals surface area (Å²) >= 11 is 0. The van der Waals surface area contributed by atoms with E-state index in [1.165, 1.54) is 77.9 Å². The van der Waals surface area contributed by atoms with Crippen LogP contribution < -0.4 is 0 Å². The highest BCUT2D eigenvalue weighted by Crippen LogP contribution is 2.57. The zero-order valence-corrected chi connectivity index (χ0v) is 34.7. The molecule has 0 bridgehead atoms. The lowest BCUT2D eigenvalue weighted by Crippen LogP contribution is -2.28. The van der Waals surface area contributed by atoms with Crippen molar-refractivity contribution in [2.24, 2.45) is 0 Å². The van der Waals surface area contributed by atoms with Crippen LogP contribution in [-0.4, -0.2) is 15.0 Å². The van der Waals surface area contributed by atoms with Crippen LogP contribution in [0.5, 0.6) is 0 Å². The summed E-state index contributed by atoms with van der Waals surface area (Å²) in [6.07, 6.45) is 0. The summed E-state index contributed by atoms with van der Waals surface area (Å²) in [5.74, 6) is 1.98. The summed E-state index contributed by atoms with van der Waals surface area (Å²) in [6.45, 7) is 9.29. The third-order valence-electron chi connectivity index (χ3n) is 14.0. The van der Waals surface area contributed by atoms with Crippen LogP contribution in [0.3, 0.4) is 0 Å². The standard InChI is InChI=1S/C58H43N3/c1-56(2)47-24-14-11-21-41(47)44-30-27-36(33-50(44)56)53-59-54(37-28-31-45-42-22-12-15-25-48(42)57(3,4)51(45)34-37)61-55(60-53)38-29-32-46-43-23-13-16-26-49(43)58(52(46)35-38,39-17-7-5-8-18-39)40-19-9-6-10-20-40/h5-35H,1-4H3. The van der Waals surface area contributed by atoms with Crippen LogP contribution >= 0.6 is 0 Å². The molecule has 0 fully saturated rings. The van der Waals surface area contributed by atoms with Crippen LogP contribution in [0.4, 0.5) is 0 Å². The molecule has 1 aromatic heterocycles. The molecule has 0 radical (unpaired) electrons. The molecule has 0 N–H and O–H groups in total. The Bertz CT molecular complexity index is 3080. The lowest BCUT2D eigenvalue weighted by Gasteiger charge is -2.34. The molecule has 0 saturated carbocycles. The van der Waals surface area contributed by atoms with Gasteiger partial charge in [0, 0.05) is 27.5 Å².